The fraction of sp³-hybridized carbons (Fsp3) is 0.380. The molecular weight excluding hydrogens is 1120 g/mol. The number of ketones is 1. The smallest absolute Gasteiger partial charge is 0.289 e. The number of halogens is 24. The molecule has 0 fully saturated rings. The van der Waals surface area contributed by atoms with Gasteiger partial charge < -0.3 is 0 Å². The van der Waals surface area contributed by atoms with E-state index in [9.17, 15) is 110 Å². The van der Waals surface area contributed by atoms with Crippen LogP contribution in [0.1, 0.15) is 107 Å². The molecule has 0 aliphatic carbocycles. The second-order valence-electron chi connectivity index (χ2n) is 17.6. The van der Waals surface area contributed by atoms with Crippen LogP contribution in [0.5, 0.6) is 0 Å². The van der Waals surface area contributed by atoms with E-state index in [0.717, 1.165) is 11.3 Å². The first kappa shape index (κ1) is 64.0. The van der Waals surface area contributed by atoms with Crippen LogP contribution in [0.25, 0.3) is 0 Å². The van der Waals surface area contributed by atoms with Crippen LogP contribution in [0.4, 0.5) is 105 Å². The van der Waals surface area contributed by atoms with Gasteiger partial charge in [-0.05, 0) is 60.8 Å². The van der Waals surface area contributed by atoms with Crippen LogP contribution in [0.15, 0.2) is 103 Å². The molecule has 0 radical (unpaired) electrons. The van der Waals surface area contributed by atoms with E-state index in [1.807, 2.05) is 30.3 Å². The molecular formula is C50H41BF24OS. The number of hydrogen-bond donors (Lipinski definition) is 0. The van der Waals surface area contributed by atoms with Gasteiger partial charge in [0.25, 0.3) is 0 Å². The normalized spacial score (nSPS) is 13.4. The van der Waals surface area contributed by atoms with Gasteiger partial charge in [0.2, 0.25) is 5.78 Å². The molecule has 0 spiro atoms. The van der Waals surface area contributed by atoms with Gasteiger partial charge in [-0.3, -0.25) is 4.79 Å². The van der Waals surface area contributed by atoms with Crippen molar-refractivity contribution in [3.8, 4) is 0 Å². The lowest BCUT2D eigenvalue weighted by atomic mass is 9.12. The summed E-state index contributed by atoms with van der Waals surface area (Å²) in [6, 6.07) is 0.969. The molecule has 27 heteroatoms. The van der Waals surface area contributed by atoms with E-state index in [0.29, 0.717) is 16.7 Å². The lowest BCUT2D eigenvalue weighted by Gasteiger charge is -2.46. The van der Waals surface area contributed by atoms with Crippen molar-refractivity contribution >= 4 is 44.7 Å². The molecule has 0 heterocycles. The Morgan fingerprint density at radius 3 is 0.766 bits per heavy atom. The van der Waals surface area contributed by atoms with Crippen molar-refractivity contribution in [1.29, 1.82) is 0 Å². The van der Waals surface area contributed by atoms with Gasteiger partial charge >= 0.3 is 49.4 Å². The zero-order chi connectivity index (χ0) is 58.5. The van der Waals surface area contributed by atoms with Crippen molar-refractivity contribution in [1.82, 2.24) is 0 Å². The molecule has 0 atom stereocenters. The van der Waals surface area contributed by atoms with Crippen LogP contribution in [0.3, 0.4) is 0 Å². The van der Waals surface area contributed by atoms with Crippen LogP contribution in [0.2, 0.25) is 0 Å². The minimum absolute atomic E-state index is 0.292. The Morgan fingerprint density at radius 2 is 0.571 bits per heavy atom. The molecule has 0 unspecified atom stereocenters. The zero-order valence-electron chi connectivity index (χ0n) is 39.6. The third-order valence-electron chi connectivity index (χ3n) is 11.9. The number of alkyl halides is 24. The second-order valence-corrected chi connectivity index (χ2v) is 19.9. The minimum atomic E-state index is -6.13. The molecule has 0 saturated heterocycles. The molecule has 0 bridgehead atoms. The Labute approximate surface area is 426 Å². The summed E-state index contributed by atoms with van der Waals surface area (Å²) >= 11 is 0. The van der Waals surface area contributed by atoms with Crippen LogP contribution in [-0.4, -0.2) is 29.2 Å². The van der Waals surface area contributed by atoms with E-state index in [-0.39, 0.29) is 0 Å². The summed E-state index contributed by atoms with van der Waals surface area (Å²) in [6.45, 7) is 4.48. The van der Waals surface area contributed by atoms with E-state index in [2.05, 4.69) is 13.8 Å². The number of rotatable bonds is 15. The summed E-state index contributed by atoms with van der Waals surface area (Å²) in [5, 5.41) is 0. The number of Topliss-reactive ketones (excluding diaryl/α,β-unsaturated/α-hetero) is 1. The van der Waals surface area contributed by atoms with Gasteiger partial charge in [0.1, 0.15) is 17.7 Å². The van der Waals surface area contributed by atoms with Gasteiger partial charge in [0, 0.05) is 5.56 Å². The van der Waals surface area contributed by atoms with Crippen LogP contribution >= 0.6 is 0 Å². The largest absolute Gasteiger partial charge is 0.416 e. The number of carbonyl (C=O) groups is 1. The maximum atomic E-state index is 14.2. The van der Waals surface area contributed by atoms with Gasteiger partial charge in [-0.1, -0.05) is 106 Å². The van der Waals surface area contributed by atoms with E-state index in [1.54, 1.807) is 0 Å². The van der Waals surface area contributed by atoms with Gasteiger partial charge in [-0.2, -0.15) is 127 Å². The third kappa shape index (κ3) is 16.8. The number of benzene rings is 5. The monoisotopic (exact) mass is 1160 g/mol. The molecule has 0 N–H and O–H groups in total. The fourth-order valence-electron chi connectivity index (χ4n) is 8.32. The minimum Gasteiger partial charge on any atom is -0.289 e. The van der Waals surface area contributed by atoms with Crippen molar-refractivity contribution in [2.75, 3.05) is 17.3 Å². The Balaban J connectivity index is 0.000000536. The van der Waals surface area contributed by atoms with Crippen LogP contribution in [-0.2, 0) is 60.3 Å². The van der Waals surface area contributed by atoms with Crippen molar-refractivity contribution in [2.24, 2.45) is 0 Å². The molecule has 5 aromatic carbocycles. The highest BCUT2D eigenvalue weighted by Crippen LogP contribution is 2.41. The standard InChI is InChI=1S/C32H12BF24.C18H29OS/c34-25(35,36)13-1-14(26(37,38)39)6-21(5-13)33(22-7-15(27(40,41)42)2-16(8-22)28(43,44)45,23-9-17(29(46,47)48)3-18(10-23)30(49,50)51)24-11-19(31(52,53)54)4-20(12-24)32(55,56)57;1-3-5-10-14-20(15-11-6-4-2)16-18(19)17-12-8-7-9-13-17/h1-12H;7-9,12-13H,3-6,10-11,14-16H2,1-2H3/q-1;+1. The lowest BCUT2D eigenvalue weighted by Crippen LogP contribution is -2.75. The average molecular weight is 1160 g/mol. The predicted molar refractivity (Wildman–Crippen MR) is 242 cm³/mol. The first-order valence-electron chi connectivity index (χ1n) is 22.6. The Morgan fingerprint density at radius 1 is 0.351 bits per heavy atom. The van der Waals surface area contributed by atoms with E-state index in [4.69, 9.17) is 0 Å². The van der Waals surface area contributed by atoms with Crippen molar-refractivity contribution in [3.05, 3.63) is 153 Å². The highest BCUT2D eigenvalue weighted by atomic mass is 32.2. The lowest BCUT2D eigenvalue weighted by molar-refractivity contribution is -0.144. The Bertz CT molecular complexity index is 2330. The molecule has 0 aliphatic rings. The maximum Gasteiger partial charge on any atom is 0.416 e. The summed E-state index contributed by atoms with van der Waals surface area (Å²) in [5.74, 6) is 3.59. The summed E-state index contributed by atoms with van der Waals surface area (Å²) in [5.41, 5.74) is -29.3. The molecule has 0 amide bonds. The zero-order valence-corrected chi connectivity index (χ0v) is 40.5. The molecule has 5 aromatic rings. The summed E-state index contributed by atoms with van der Waals surface area (Å²) in [6.07, 6.45) is -47.1. The number of carbonyl (C=O) groups excluding carboxylic acids is 1. The Kier molecular flexibility index (Phi) is 19.8. The van der Waals surface area contributed by atoms with Crippen molar-refractivity contribution in [3.63, 3.8) is 0 Å². The number of unbranched alkanes of at least 4 members (excludes halogenated alkanes) is 4. The predicted octanol–water partition coefficient (Wildman–Crippen LogP) is 16.1. The van der Waals surface area contributed by atoms with Gasteiger partial charge in [-0.15, -0.1) is 0 Å². The van der Waals surface area contributed by atoms with Gasteiger partial charge in [-0.25, -0.2) is 0 Å². The molecule has 77 heavy (non-hydrogen) atoms. The van der Waals surface area contributed by atoms with Crippen molar-refractivity contribution < 1.29 is 110 Å². The van der Waals surface area contributed by atoms with Crippen LogP contribution in [0, 0.1) is 0 Å². The van der Waals surface area contributed by atoms with E-state index >= 15 is 0 Å². The molecule has 0 saturated carbocycles. The van der Waals surface area contributed by atoms with Gasteiger partial charge in [0.05, 0.1) is 44.5 Å². The SMILES string of the molecule is CCCCC[S+](CCCCC)CC(=O)c1ccccc1.FC(F)(F)c1cc([B-](c2cc(C(F)(F)F)cc(C(F)(F)F)c2)(c2cc(C(F)(F)F)cc(C(F)(F)F)c2)c2cc(C(F)(F)F)cc(C(F)(F)F)c2)cc(C(F)(F)F)c1. The number of hydrogen-bond acceptors (Lipinski definition) is 1. The third-order valence-corrected chi connectivity index (χ3v) is 14.3. The molecule has 0 aliphatic heterocycles. The molecule has 5 rings (SSSR count). The molecule has 424 valence electrons. The fourth-order valence-corrected chi connectivity index (χ4v) is 10.6. The summed E-state index contributed by atoms with van der Waals surface area (Å²) in [7, 11) is 0.292. The Hall–Kier alpha value is -5.50. The second kappa shape index (κ2) is 23.8. The van der Waals surface area contributed by atoms with Gasteiger partial charge in [0.15, 0.2) is 5.75 Å². The summed E-state index contributed by atoms with van der Waals surface area (Å²) < 4.78 is 341. The molecule has 0 aromatic heterocycles. The topological polar surface area (TPSA) is 17.1 Å². The average Bonchev–Trinajstić information content (AvgIpc) is 3.30. The van der Waals surface area contributed by atoms with Crippen LogP contribution < -0.4 is 21.9 Å². The molecule has 1 nitrogen and oxygen atoms in total. The van der Waals surface area contributed by atoms with Crippen molar-refractivity contribution in [2.45, 2.75) is 102 Å². The van der Waals surface area contributed by atoms with E-state index < -0.39 is 195 Å². The first-order valence-corrected chi connectivity index (χ1v) is 24.3. The highest BCUT2D eigenvalue weighted by Gasteiger charge is 2.47. The van der Waals surface area contributed by atoms with E-state index in [1.165, 1.54) is 50.0 Å². The first-order chi connectivity index (χ1) is 35.0. The quantitative estimate of drug-likeness (QED) is 0.0336. The highest BCUT2D eigenvalue weighted by molar-refractivity contribution is 7.97. The maximum absolute atomic E-state index is 14.2. The summed E-state index contributed by atoms with van der Waals surface area (Å²) in [4.78, 5) is 12.3.